The lowest BCUT2D eigenvalue weighted by Gasteiger charge is -2.19. The van der Waals surface area contributed by atoms with Crippen molar-refractivity contribution in [3.63, 3.8) is 0 Å². The largest absolute Gasteiger partial charge is 0.307 e. The number of pyridine rings is 1. The quantitative estimate of drug-likeness (QED) is 0.928. The zero-order chi connectivity index (χ0) is 14.0. The minimum Gasteiger partial charge on any atom is -0.307 e. The predicted molar refractivity (Wildman–Crippen MR) is 81.4 cm³/mol. The topological polar surface area (TPSA) is 37.8 Å². The van der Waals surface area contributed by atoms with Gasteiger partial charge in [0.15, 0.2) is 0 Å². The van der Waals surface area contributed by atoms with E-state index in [1.165, 1.54) is 16.0 Å². The molecule has 0 spiro atoms. The molecule has 0 unspecified atom stereocenters. The van der Waals surface area contributed by atoms with Gasteiger partial charge in [-0.2, -0.15) is 0 Å². The molecule has 2 heterocycles. The average molecular weight is 275 g/mol. The van der Waals surface area contributed by atoms with Crippen LogP contribution in [0.2, 0.25) is 0 Å². The first-order valence-corrected chi connectivity index (χ1v) is 7.30. The van der Waals surface area contributed by atoms with Gasteiger partial charge in [0.2, 0.25) is 0 Å². The van der Waals surface area contributed by atoms with Gasteiger partial charge in [-0.15, -0.1) is 11.3 Å². The minimum absolute atomic E-state index is 0.127. The molecule has 2 aromatic rings. The Morgan fingerprint density at radius 3 is 2.53 bits per heavy atom. The average Bonchev–Trinajstić information content (AvgIpc) is 2.74. The first-order chi connectivity index (χ1) is 8.85. The van der Waals surface area contributed by atoms with Crippen LogP contribution in [0.4, 0.5) is 0 Å². The van der Waals surface area contributed by atoms with Crippen LogP contribution in [0.3, 0.4) is 0 Å². The molecule has 0 bridgehead atoms. The molecule has 0 atom stereocenters. The van der Waals surface area contributed by atoms with Crippen molar-refractivity contribution >= 4 is 11.3 Å². The Balaban J connectivity index is 2.16. The van der Waals surface area contributed by atoms with Crippen molar-refractivity contribution in [1.29, 1.82) is 0 Å². The van der Waals surface area contributed by atoms with Gasteiger partial charge in [-0.05, 0) is 45.7 Å². The number of thiazole rings is 1. The van der Waals surface area contributed by atoms with Gasteiger partial charge < -0.3 is 5.32 Å². The zero-order valence-electron chi connectivity index (χ0n) is 12.2. The lowest BCUT2D eigenvalue weighted by molar-refractivity contribution is 0.426. The molecule has 0 aliphatic heterocycles. The standard InChI is InChI=1S/C15H21N3S/c1-10-6-11(2)13(16-7-10)14-17-8-12(19-14)9-18-15(3,4)5/h6-8,18H,9H2,1-5H3. The summed E-state index contributed by atoms with van der Waals surface area (Å²) >= 11 is 1.71. The van der Waals surface area contributed by atoms with Crippen LogP contribution < -0.4 is 5.32 Å². The molecule has 0 saturated heterocycles. The van der Waals surface area contributed by atoms with E-state index in [0.29, 0.717) is 0 Å². The zero-order valence-corrected chi connectivity index (χ0v) is 13.1. The van der Waals surface area contributed by atoms with E-state index in [4.69, 9.17) is 0 Å². The highest BCUT2D eigenvalue weighted by Gasteiger charge is 2.12. The Kier molecular flexibility index (Phi) is 4.02. The third kappa shape index (κ3) is 3.85. The Bertz CT molecular complexity index is 567. The molecule has 0 amide bonds. The number of nitrogens with zero attached hydrogens (tertiary/aromatic N) is 2. The summed E-state index contributed by atoms with van der Waals surface area (Å²) in [6.07, 6.45) is 3.84. The summed E-state index contributed by atoms with van der Waals surface area (Å²) in [6.45, 7) is 11.5. The van der Waals surface area contributed by atoms with Crippen molar-refractivity contribution in [2.75, 3.05) is 0 Å². The van der Waals surface area contributed by atoms with E-state index >= 15 is 0 Å². The third-order valence-corrected chi connectivity index (χ3v) is 3.77. The van der Waals surface area contributed by atoms with Crippen LogP contribution in [-0.4, -0.2) is 15.5 Å². The Morgan fingerprint density at radius 2 is 1.89 bits per heavy atom. The summed E-state index contributed by atoms with van der Waals surface area (Å²) in [7, 11) is 0. The van der Waals surface area contributed by atoms with E-state index in [1.54, 1.807) is 11.3 Å². The van der Waals surface area contributed by atoms with Gasteiger partial charge in [-0.3, -0.25) is 4.98 Å². The number of nitrogens with one attached hydrogen (secondary N) is 1. The van der Waals surface area contributed by atoms with E-state index in [1.807, 2.05) is 12.4 Å². The van der Waals surface area contributed by atoms with E-state index < -0.39 is 0 Å². The molecule has 0 saturated carbocycles. The van der Waals surface area contributed by atoms with Crippen molar-refractivity contribution in [3.8, 4) is 10.7 Å². The van der Waals surface area contributed by atoms with E-state index in [2.05, 4.69) is 56.0 Å². The maximum absolute atomic E-state index is 4.50. The summed E-state index contributed by atoms with van der Waals surface area (Å²) in [5, 5.41) is 4.48. The summed E-state index contributed by atoms with van der Waals surface area (Å²) < 4.78 is 0. The fourth-order valence-corrected chi connectivity index (χ4v) is 2.70. The van der Waals surface area contributed by atoms with Gasteiger partial charge in [0.25, 0.3) is 0 Å². The molecule has 1 N–H and O–H groups in total. The molecule has 0 aliphatic rings. The second-order valence-corrected chi connectivity index (χ2v) is 7.03. The monoisotopic (exact) mass is 275 g/mol. The second kappa shape index (κ2) is 5.39. The smallest absolute Gasteiger partial charge is 0.142 e. The fourth-order valence-electron chi connectivity index (χ4n) is 1.79. The third-order valence-electron chi connectivity index (χ3n) is 2.76. The number of rotatable bonds is 3. The number of aromatic nitrogens is 2. The van der Waals surface area contributed by atoms with Gasteiger partial charge in [0.05, 0.1) is 0 Å². The van der Waals surface area contributed by atoms with Crippen LogP contribution in [-0.2, 0) is 6.54 Å². The molecular weight excluding hydrogens is 254 g/mol. The van der Waals surface area contributed by atoms with Gasteiger partial charge in [-0.1, -0.05) is 6.07 Å². The molecule has 2 aromatic heterocycles. The predicted octanol–water partition coefficient (Wildman–Crippen LogP) is 3.71. The summed E-state index contributed by atoms with van der Waals surface area (Å²) in [5.74, 6) is 0. The first-order valence-electron chi connectivity index (χ1n) is 6.48. The molecule has 0 fully saturated rings. The number of hydrogen-bond donors (Lipinski definition) is 1. The Hall–Kier alpha value is -1.26. The molecule has 0 aromatic carbocycles. The lowest BCUT2D eigenvalue weighted by Crippen LogP contribution is -2.34. The second-order valence-electron chi connectivity index (χ2n) is 5.91. The summed E-state index contributed by atoms with van der Waals surface area (Å²) in [6, 6.07) is 2.15. The summed E-state index contributed by atoms with van der Waals surface area (Å²) in [4.78, 5) is 10.2. The SMILES string of the molecule is Cc1cnc(-c2ncc(CNC(C)(C)C)s2)c(C)c1. The minimum atomic E-state index is 0.127. The molecule has 0 radical (unpaired) electrons. The highest BCUT2D eigenvalue weighted by molar-refractivity contribution is 7.15. The van der Waals surface area contributed by atoms with Crippen LogP contribution in [0.25, 0.3) is 10.7 Å². The van der Waals surface area contributed by atoms with Crippen LogP contribution in [0.15, 0.2) is 18.5 Å². The maximum Gasteiger partial charge on any atom is 0.142 e. The molecule has 4 heteroatoms. The Morgan fingerprint density at radius 1 is 1.16 bits per heavy atom. The van der Waals surface area contributed by atoms with E-state index in [-0.39, 0.29) is 5.54 Å². The van der Waals surface area contributed by atoms with E-state index in [0.717, 1.165) is 17.2 Å². The molecule has 102 valence electrons. The van der Waals surface area contributed by atoms with Crippen LogP contribution in [0.1, 0.15) is 36.8 Å². The van der Waals surface area contributed by atoms with Crippen molar-refractivity contribution in [2.45, 2.75) is 46.7 Å². The maximum atomic E-state index is 4.50. The fraction of sp³-hybridized carbons (Fsp3) is 0.467. The van der Waals surface area contributed by atoms with Crippen LogP contribution in [0.5, 0.6) is 0 Å². The van der Waals surface area contributed by atoms with Gasteiger partial charge in [0.1, 0.15) is 10.7 Å². The van der Waals surface area contributed by atoms with Crippen LogP contribution >= 0.6 is 11.3 Å². The van der Waals surface area contributed by atoms with Gasteiger partial charge in [-0.25, -0.2) is 4.98 Å². The van der Waals surface area contributed by atoms with Crippen molar-refractivity contribution in [2.24, 2.45) is 0 Å². The van der Waals surface area contributed by atoms with Gasteiger partial charge >= 0.3 is 0 Å². The normalized spacial score (nSPS) is 11.8. The van der Waals surface area contributed by atoms with Crippen molar-refractivity contribution < 1.29 is 0 Å². The molecule has 2 rings (SSSR count). The van der Waals surface area contributed by atoms with Crippen molar-refractivity contribution in [3.05, 3.63) is 34.5 Å². The van der Waals surface area contributed by atoms with Crippen LogP contribution in [0, 0.1) is 13.8 Å². The molecule has 19 heavy (non-hydrogen) atoms. The number of aryl methyl sites for hydroxylation is 2. The van der Waals surface area contributed by atoms with Crippen molar-refractivity contribution in [1.82, 2.24) is 15.3 Å². The summed E-state index contributed by atoms with van der Waals surface area (Å²) in [5.41, 5.74) is 3.50. The molecular formula is C15H21N3S. The Labute approximate surface area is 119 Å². The highest BCUT2D eigenvalue weighted by atomic mass is 32.1. The van der Waals surface area contributed by atoms with E-state index in [9.17, 15) is 0 Å². The first kappa shape index (κ1) is 14.2. The van der Waals surface area contributed by atoms with Gasteiger partial charge in [0, 0.05) is 29.4 Å². The highest BCUT2D eigenvalue weighted by Crippen LogP contribution is 2.26. The molecule has 3 nitrogen and oxygen atoms in total. The number of hydrogen-bond acceptors (Lipinski definition) is 4. The lowest BCUT2D eigenvalue weighted by atomic mass is 10.1. The molecule has 0 aliphatic carbocycles.